The molecule has 0 radical (unpaired) electrons. The van der Waals surface area contributed by atoms with Crippen molar-refractivity contribution in [3.05, 3.63) is 32.5 Å². The highest BCUT2D eigenvalue weighted by Crippen LogP contribution is 2.34. The monoisotopic (exact) mass is 344 g/mol. The molecule has 2 rings (SSSR count). The molecule has 0 spiro atoms. The highest BCUT2D eigenvalue weighted by atomic mass is 79.9. The molecule has 0 aromatic heterocycles. The highest BCUT2D eigenvalue weighted by molar-refractivity contribution is 9.10. The van der Waals surface area contributed by atoms with Gasteiger partial charge in [-0.05, 0) is 47.5 Å². The molecule has 1 aromatic rings. The molecular formula is C14H18BrFN2O2. The number of hydrogen-bond donors (Lipinski definition) is 1. The zero-order valence-electron chi connectivity index (χ0n) is 11.4. The molecule has 1 aliphatic rings. The van der Waals surface area contributed by atoms with Gasteiger partial charge in [0.2, 0.25) is 0 Å². The van der Waals surface area contributed by atoms with E-state index in [9.17, 15) is 14.5 Å². The molecule has 20 heavy (non-hydrogen) atoms. The van der Waals surface area contributed by atoms with Gasteiger partial charge in [-0.2, -0.15) is 0 Å². The van der Waals surface area contributed by atoms with E-state index in [4.69, 9.17) is 0 Å². The zero-order valence-corrected chi connectivity index (χ0v) is 13.0. The van der Waals surface area contributed by atoms with Gasteiger partial charge >= 0.3 is 0 Å². The third-order valence-electron chi connectivity index (χ3n) is 4.02. The lowest BCUT2D eigenvalue weighted by Gasteiger charge is -2.29. The molecule has 0 aliphatic heterocycles. The Labute approximate surface area is 126 Å². The van der Waals surface area contributed by atoms with Crippen LogP contribution in [0.3, 0.4) is 0 Å². The number of benzene rings is 1. The Morgan fingerprint density at radius 2 is 2.05 bits per heavy atom. The van der Waals surface area contributed by atoms with Crippen molar-refractivity contribution in [3.63, 3.8) is 0 Å². The summed E-state index contributed by atoms with van der Waals surface area (Å²) in [5, 5.41) is 14.2. The molecule has 6 heteroatoms. The summed E-state index contributed by atoms with van der Waals surface area (Å²) in [6.07, 6.45) is 5.39. The normalized spacial score (nSPS) is 22.6. The fourth-order valence-electron chi connectivity index (χ4n) is 2.74. The van der Waals surface area contributed by atoms with Crippen LogP contribution in [0, 0.1) is 21.8 Å². The van der Waals surface area contributed by atoms with E-state index in [0.717, 1.165) is 31.6 Å². The minimum absolute atomic E-state index is 0.0871. The Morgan fingerprint density at radius 3 is 2.60 bits per heavy atom. The van der Waals surface area contributed by atoms with Crippen molar-refractivity contribution in [3.8, 4) is 0 Å². The number of nitrogens with zero attached hydrogens (tertiary/aromatic N) is 1. The minimum atomic E-state index is -0.486. The molecule has 1 N–H and O–H groups in total. The summed E-state index contributed by atoms with van der Waals surface area (Å²) >= 11 is 2.98. The van der Waals surface area contributed by atoms with Crippen molar-refractivity contribution in [1.82, 2.24) is 0 Å². The SMILES string of the molecule is CCC1CCC(Nc2cc(F)c(Br)cc2[N+](=O)[O-])CC1. The summed E-state index contributed by atoms with van der Waals surface area (Å²) in [5.74, 6) is 0.269. The molecule has 110 valence electrons. The fraction of sp³-hybridized carbons (Fsp3) is 0.571. The van der Waals surface area contributed by atoms with Crippen LogP contribution in [0.5, 0.6) is 0 Å². The van der Waals surface area contributed by atoms with Gasteiger partial charge in [0.25, 0.3) is 5.69 Å². The van der Waals surface area contributed by atoms with E-state index in [1.165, 1.54) is 18.6 Å². The van der Waals surface area contributed by atoms with Crippen LogP contribution in [-0.4, -0.2) is 11.0 Å². The number of nitro groups is 1. The van der Waals surface area contributed by atoms with Crippen LogP contribution in [0.2, 0.25) is 0 Å². The fourth-order valence-corrected chi connectivity index (χ4v) is 3.07. The number of nitro benzene ring substituents is 1. The van der Waals surface area contributed by atoms with Gasteiger partial charge in [-0.3, -0.25) is 10.1 Å². The van der Waals surface area contributed by atoms with Gasteiger partial charge in [0.1, 0.15) is 11.5 Å². The van der Waals surface area contributed by atoms with E-state index in [1.807, 2.05) is 0 Å². The van der Waals surface area contributed by atoms with Crippen LogP contribution in [0.25, 0.3) is 0 Å². The third-order valence-corrected chi connectivity index (χ3v) is 4.63. The lowest BCUT2D eigenvalue weighted by molar-refractivity contribution is -0.384. The average molecular weight is 345 g/mol. The Hall–Kier alpha value is -1.17. The third kappa shape index (κ3) is 3.48. The first-order chi connectivity index (χ1) is 9.51. The first kappa shape index (κ1) is 15.2. The molecule has 1 fully saturated rings. The maximum absolute atomic E-state index is 13.6. The molecule has 0 bridgehead atoms. The Morgan fingerprint density at radius 1 is 1.40 bits per heavy atom. The first-order valence-electron chi connectivity index (χ1n) is 6.91. The Bertz CT molecular complexity index is 502. The molecule has 4 nitrogen and oxygen atoms in total. The van der Waals surface area contributed by atoms with Crippen molar-refractivity contribution in [2.45, 2.75) is 45.1 Å². The molecule has 0 atom stereocenters. The van der Waals surface area contributed by atoms with Crippen molar-refractivity contribution >= 4 is 27.3 Å². The predicted molar refractivity (Wildman–Crippen MR) is 80.4 cm³/mol. The number of nitrogens with one attached hydrogen (secondary N) is 1. The molecule has 1 aliphatic carbocycles. The quantitative estimate of drug-likeness (QED) is 0.625. The number of rotatable bonds is 4. The second kappa shape index (κ2) is 6.52. The van der Waals surface area contributed by atoms with Gasteiger partial charge in [0, 0.05) is 18.2 Å². The maximum Gasteiger partial charge on any atom is 0.293 e. The van der Waals surface area contributed by atoms with Gasteiger partial charge < -0.3 is 5.32 Å². The maximum atomic E-state index is 13.6. The van der Waals surface area contributed by atoms with E-state index < -0.39 is 10.7 Å². The molecule has 0 heterocycles. The second-order valence-corrected chi connectivity index (χ2v) is 6.17. The van der Waals surface area contributed by atoms with Crippen LogP contribution in [0.4, 0.5) is 15.8 Å². The van der Waals surface area contributed by atoms with E-state index in [0.29, 0.717) is 0 Å². The van der Waals surface area contributed by atoms with Gasteiger partial charge in [-0.25, -0.2) is 4.39 Å². The standard InChI is InChI=1S/C14H18BrFN2O2/c1-2-9-3-5-10(6-4-9)17-13-8-12(16)11(15)7-14(13)18(19)20/h7-10,17H,2-6H2,1H3. The molecular weight excluding hydrogens is 327 g/mol. The average Bonchev–Trinajstić information content (AvgIpc) is 2.43. The van der Waals surface area contributed by atoms with Crippen LogP contribution in [0.1, 0.15) is 39.0 Å². The smallest absolute Gasteiger partial charge is 0.293 e. The molecule has 0 unspecified atom stereocenters. The van der Waals surface area contributed by atoms with Crippen molar-refractivity contribution < 1.29 is 9.31 Å². The van der Waals surface area contributed by atoms with Crippen molar-refractivity contribution in [2.75, 3.05) is 5.32 Å². The topological polar surface area (TPSA) is 55.2 Å². The predicted octanol–water partition coefficient (Wildman–Crippen LogP) is 4.88. The molecule has 1 aromatic carbocycles. The lowest BCUT2D eigenvalue weighted by atomic mass is 9.84. The van der Waals surface area contributed by atoms with Crippen molar-refractivity contribution in [1.29, 1.82) is 0 Å². The lowest BCUT2D eigenvalue weighted by Crippen LogP contribution is -2.26. The molecule has 1 saturated carbocycles. The largest absolute Gasteiger partial charge is 0.377 e. The van der Waals surface area contributed by atoms with Gasteiger partial charge in [0.05, 0.1) is 9.40 Å². The Balaban J connectivity index is 2.13. The summed E-state index contributed by atoms with van der Waals surface area (Å²) in [4.78, 5) is 10.6. The molecule has 0 amide bonds. The van der Waals surface area contributed by atoms with E-state index in [-0.39, 0.29) is 21.9 Å². The van der Waals surface area contributed by atoms with Gasteiger partial charge in [-0.1, -0.05) is 13.3 Å². The zero-order chi connectivity index (χ0) is 14.7. The van der Waals surface area contributed by atoms with Crippen molar-refractivity contribution in [2.24, 2.45) is 5.92 Å². The van der Waals surface area contributed by atoms with Crippen LogP contribution < -0.4 is 5.32 Å². The summed E-state index contributed by atoms with van der Waals surface area (Å²) < 4.78 is 13.7. The van der Waals surface area contributed by atoms with E-state index in [1.54, 1.807) is 0 Å². The van der Waals surface area contributed by atoms with Gasteiger partial charge in [0.15, 0.2) is 0 Å². The number of anilines is 1. The number of halogens is 2. The Kier molecular flexibility index (Phi) is 4.96. The first-order valence-corrected chi connectivity index (χ1v) is 7.70. The summed E-state index contributed by atoms with van der Waals surface area (Å²) in [6, 6.07) is 2.61. The second-order valence-electron chi connectivity index (χ2n) is 5.31. The summed E-state index contributed by atoms with van der Waals surface area (Å²) in [7, 11) is 0. The van der Waals surface area contributed by atoms with Crippen LogP contribution in [-0.2, 0) is 0 Å². The summed E-state index contributed by atoms with van der Waals surface area (Å²) in [6.45, 7) is 2.19. The highest BCUT2D eigenvalue weighted by Gasteiger charge is 2.24. The minimum Gasteiger partial charge on any atom is -0.377 e. The van der Waals surface area contributed by atoms with Gasteiger partial charge in [-0.15, -0.1) is 0 Å². The van der Waals surface area contributed by atoms with Crippen LogP contribution >= 0.6 is 15.9 Å². The van der Waals surface area contributed by atoms with E-state index >= 15 is 0 Å². The molecule has 0 saturated heterocycles. The van der Waals surface area contributed by atoms with E-state index in [2.05, 4.69) is 28.2 Å². The van der Waals surface area contributed by atoms with Crippen LogP contribution in [0.15, 0.2) is 16.6 Å². The number of hydrogen-bond acceptors (Lipinski definition) is 3. The summed E-state index contributed by atoms with van der Waals surface area (Å²) in [5.41, 5.74) is 0.187.